The first-order valence-corrected chi connectivity index (χ1v) is 6.31. The van der Waals surface area contributed by atoms with Crippen LogP contribution in [0.3, 0.4) is 0 Å². The van der Waals surface area contributed by atoms with Crippen molar-refractivity contribution in [3.05, 3.63) is 22.3 Å². The Morgan fingerprint density at radius 1 is 1.10 bits per heavy atom. The number of aromatic nitrogens is 1. The van der Waals surface area contributed by atoms with E-state index in [9.17, 15) is 0 Å². The monoisotopic (exact) mass is 338 g/mol. The molecule has 0 atom stereocenters. The SMILES string of the molecule is COc1cc(OC)c(-c2onc(C#N)c2Br)cc1OC. The number of nitrogens with zero attached hydrogens (tertiary/aromatic N) is 2. The minimum Gasteiger partial charge on any atom is -0.496 e. The van der Waals surface area contributed by atoms with Gasteiger partial charge >= 0.3 is 0 Å². The third-order valence-electron chi connectivity index (χ3n) is 2.69. The molecule has 0 aliphatic rings. The van der Waals surface area contributed by atoms with Gasteiger partial charge in [0.15, 0.2) is 23.0 Å². The molecule has 0 aliphatic carbocycles. The van der Waals surface area contributed by atoms with E-state index in [1.165, 1.54) is 21.3 Å². The lowest BCUT2D eigenvalue weighted by atomic mass is 10.1. The lowest BCUT2D eigenvalue weighted by molar-refractivity contribution is 0.348. The normalized spacial score (nSPS) is 9.95. The van der Waals surface area contributed by atoms with Crippen molar-refractivity contribution in [1.82, 2.24) is 5.16 Å². The van der Waals surface area contributed by atoms with Gasteiger partial charge in [0.2, 0.25) is 0 Å². The van der Waals surface area contributed by atoms with Gasteiger partial charge in [-0.25, -0.2) is 0 Å². The molecule has 2 aromatic rings. The zero-order valence-corrected chi connectivity index (χ0v) is 12.6. The maximum atomic E-state index is 8.91. The molecular formula is C13H11BrN2O4. The molecule has 6 nitrogen and oxygen atoms in total. The van der Waals surface area contributed by atoms with Crippen molar-refractivity contribution in [3.63, 3.8) is 0 Å². The van der Waals surface area contributed by atoms with Gasteiger partial charge in [-0.2, -0.15) is 5.26 Å². The molecular weight excluding hydrogens is 328 g/mol. The van der Waals surface area contributed by atoms with Gasteiger partial charge in [0.05, 0.1) is 26.9 Å². The highest BCUT2D eigenvalue weighted by Gasteiger charge is 2.21. The van der Waals surface area contributed by atoms with E-state index in [1.54, 1.807) is 12.1 Å². The number of rotatable bonds is 4. The van der Waals surface area contributed by atoms with Crippen molar-refractivity contribution in [3.8, 4) is 34.6 Å². The maximum absolute atomic E-state index is 8.91. The van der Waals surface area contributed by atoms with E-state index in [0.29, 0.717) is 33.0 Å². The summed E-state index contributed by atoms with van der Waals surface area (Å²) in [4.78, 5) is 0. The van der Waals surface area contributed by atoms with Crippen LogP contribution in [0.15, 0.2) is 21.1 Å². The third-order valence-corrected chi connectivity index (χ3v) is 3.43. The summed E-state index contributed by atoms with van der Waals surface area (Å²) in [6.07, 6.45) is 0. The molecule has 0 N–H and O–H groups in total. The van der Waals surface area contributed by atoms with Gasteiger partial charge in [-0.1, -0.05) is 5.16 Å². The molecule has 2 rings (SSSR count). The van der Waals surface area contributed by atoms with Gasteiger partial charge in [-0.15, -0.1) is 0 Å². The number of benzene rings is 1. The molecule has 0 saturated heterocycles. The van der Waals surface area contributed by atoms with E-state index in [4.69, 9.17) is 24.0 Å². The zero-order chi connectivity index (χ0) is 14.7. The predicted molar refractivity (Wildman–Crippen MR) is 74.0 cm³/mol. The second kappa shape index (κ2) is 5.84. The topological polar surface area (TPSA) is 77.5 Å². The van der Waals surface area contributed by atoms with E-state index in [1.807, 2.05) is 6.07 Å². The van der Waals surface area contributed by atoms with Gasteiger partial charge in [0.25, 0.3) is 0 Å². The number of ether oxygens (including phenoxy) is 3. The molecule has 0 aliphatic heterocycles. The minimum atomic E-state index is 0.164. The molecule has 1 aromatic carbocycles. The number of hydrogen-bond donors (Lipinski definition) is 0. The van der Waals surface area contributed by atoms with E-state index in [2.05, 4.69) is 21.1 Å². The molecule has 1 heterocycles. The van der Waals surface area contributed by atoms with Crippen LogP contribution in [0.2, 0.25) is 0 Å². The summed E-state index contributed by atoms with van der Waals surface area (Å²) in [5.74, 6) is 1.96. The van der Waals surface area contributed by atoms with Gasteiger partial charge in [-0.3, -0.25) is 0 Å². The summed E-state index contributed by atoms with van der Waals surface area (Å²) < 4.78 is 21.4. The summed E-state index contributed by atoms with van der Waals surface area (Å²) in [7, 11) is 4.60. The van der Waals surface area contributed by atoms with Crippen LogP contribution in [0.1, 0.15) is 5.69 Å². The fourth-order valence-corrected chi connectivity index (χ4v) is 2.17. The summed E-state index contributed by atoms with van der Waals surface area (Å²) in [5, 5.41) is 12.6. The van der Waals surface area contributed by atoms with E-state index < -0.39 is 0 Å². The summed E-state index contributed by atoms with van der Waals surface area (Å²) >= 11 is 3.29. The van der Waals surface area contributed by atoms with Crippen molar-refractivity contribution in [2.75, 3.05) is 21.3 Å². The van der Waals surface area contributed by atoms with Crippen molar-refractivity contribution in [2.45, 2.75) is 0 Å². The third kappa shape index (κ3) is 2.30. The molecule has 0 amide bonds. The highest BCUT2D eigenvalue weighted by molar-refractivity contribution is 9.10. The first-order valence-electron chi connectivity index (χ1n) is 5.51. The second-order valence-corrected chi connectivity index (χ2v) is 4.49. The molecule has 0 fully saturated rings. The van der Waals surface area contributed by atoms with Gasteiger partial charge in [0, 0.05) is 6.07 Å². The largest absolute Gasteiger partial charge is 0.496 e. The smallest absolute Gasteiger partial charge is 0.198 e. The molecule has 0 bridgehead atoms. The van der Waals surface area contributed by atoms with Crippen LogP contribution in [-0.2, 0) is 0 Å². The second-order valence-electron chi connectivity index (χ2n) is 3.69. The fraction of sp³-hybridized carbons (Fsp3) is 0.231. The van der Waals surface area contributed by atoms with E-state index in [0.717, 1.165) is 0 Å². The molecule has 0 unspecified atom stereocenters. The average molecular weight is 339 g/mol. The van der Waals surface area contributed by atoms with Crippen molar-refractivity contribution < 1.29 is 18.7 Å². The Labute approximate surface area is 124 Å². The Morgan fingerprint density at radius 2 is 1.70 bits per heavy atom. The molecule has 0 spiro atoms. The molecule has 0 saturated carbocycles. The van der Waals surface area contributed by atoms with Crippen LogP contribution in [0, 0.1) is 11.3 Å². The number of hydrogen-bond acceptors (Lipinski definition) is 6. The Bertz CT molecular complexity index is 676. The highest BCUT2D eigenvalue weighted by atomic mass is 79.9. The Kier molecular flexibility index (Phi) is 4.15. The number of halogens is 1. The molecule has 1 aromatic heterocycles. The van der Waals surface area contributed by atoms with Gasteiger partial charge in [-0.05, 0) is 22.0 Å². The van der Waals surface area contributed by atoms with Crippen molar-refractivity contribution in [2.24, 2.45) is 0 Å². The molecule has 0 radical (unpaired) electrons. The lowest BCUT2D eigenvalue weighted by Gasteiger charge is -2.12. The quantitative estimate of drug-likeness (QED) is 0.852. The zero-order valence-electron chi connectivity index (χ0n) is 11.1. The van der Waals surface area contributed by atoms with Crippen LogP contribution in [0.4, 0.5) is 0 Å². The molecule has 104 valence electrons. The number of nitriles is 1. The Hall–Kier alpha value is -2.20. The fourth-order valence-electron chi connectivity index (χ4n) is 1.72. The first-order chi connectivity index (χ1) is 9.65. The first kappa shape index (κ1) is 14.2. The standard InChI is InChI=1S/C13H11BrN2O4/c1-17-9-5-11(19-3)10(18-2)4-7(9)13-12(14)8(6-15)16-20-13/h4-5H,1-3H3. The lowest BCUT2D eigenvalue weighted by Crippen LogP contribution is -1.94. The van der Waals surface area contributed by atoms with E-state index in [-0.39, 0.29) is 5.69 Å². The van der Waals surface area contributed by atoms with Crippen LogP contribution in [0.25, 0.3) is 11.3 Å². The Balaban J connectivity index is 2.66. The number of methoxy groups -OCH3 is 3. The van der Waals surface area contributed by atoms with Crippen molar-refractivity contribution in [1.29, 1.82) is 5.26 Å². The Morgan fingerprint density at radius 3 is 2.20 bits per heavy atom. The maximum Gasteiger partial charge on any atom is 0.198 e. The summed E-state index contributed by atoms with van der Waals surface area (Å²) in [5.41, 5.74) is 0.767. The summed E-state index contributed by atoms with van der Waals surface area (Å²) in [6.45, 7) is 0. The van der Waals surface area contributed by atoms with E-state index >= 15 is 0 Å². The molecule has 20 heavy (non-hydrogen) atoms. The molecule has 7 heteroatoms. The predicted octanol–water partition coefficient (Wildman–Crippen LogP) is 3.00. The van der Waals surface area contributed by atoms with Gasteiger partial charge in [0.1, 0.15) is 16.3 Å². The van der Waals surface area contributed by atoms with Crippen molar-refractivity contribution >= 4 is 15.9 Å². The highest BCUT2D eigenvalue weighted by Crippen LogP contribution is 2.42. The minimum absolute atomic E-state index is 0.164. The van der Waals surface area contributed by atoms with Crippen LogP contribution >= 0.6 is 15.9 Å². The van der Waals surface area contributed by atoms with Crippen LogP contribution in [-0.4, -0.2) is 26.5 Å². The summed E-state index contributed by atoms with van der Waals surface area (Å²) in [6, 6.07) is 5.30. The van der Waals surface area contributed by atoms with Gasteiger partial charge < -0.3 is 18.7 Å². The van der Waals surface area contributed by atoms with Crippen LogP contribution in [0.5, 0.6) is 17.2 Å². The van der Waals surface area contributed by atoms with Crippen LogP contribution < -0.4 is 14.2 Å². The average Bonchev–Trinajstić information content (AvgIpc) is 2.86.